The fourth-order valence-electron chi connectivity index (χ4n) is 3.71. The second-order valence-electron chi connectivity index (χ2n) is 7.71. The average molecular weight is 437 g/mol. The first kappa shape index (κ1) is 21.0. The quantitative estimate of drug-likeness (QED) is 0.544. The maximum Gasteiger partial charge on any atom is 0.335 e. The first-order valence-electron chi connectivity index (χ1n) is 10.0. The molecule has 3 aromatic rings. The second kappa shape index (κ2) is 8.87. The SMILES string of the molecule is CN(C)CCN1C(=S)N[C@@H](c2ccccn2)[C@H]1c1ccc(-c2ccc(C(=O)O)cc2)o1. The summed E-state index contributed by atoms with van der Waals surface area (Å²) in [5.41, 5.74) is 1.95. The number of pyridine rings is 1. The van der Waals surface area contributed by atoms with Gasteiger partial charge in [0, 0.05) is 24.8 Å². The van der Waals surface area contributed by atoms with E-state index in [2.05, 4.69) is 20.1 Å². The molecule has 2 atom stereocenters. The third kappa shape index (κ3) is 4.45. The number of nitrogens with zero attached hydrogens (tertiary/aromatic N) is 3. The fraction of sp³-hybridized carbons (Fsp3) is 0.261. The number of carboxylic acid groups (broad SMARTS) is 1. The standard InChI is InChI=1S/C23H24N4O3S/c1-26(2)13-14-27-21(20(25-23(27)31)17-5-3-4-12-24-17)19-11-10-18(30-19)15-6-8-16(9-7-15)22(28)29/h3-12,20-21H,13-14H2,1-2H3,(H,25,31)(H,28,29)/t20-,21+/m0/s1. The van der Waals surface area contributed by atoms with Crippen molar-refractivity contribution in [2.45, 2.75) is 12.1 Å². The van der Waals surface area contributed by atoms with E-state index in [0.29, 0.717) is 10.9 Å². The predicted molar refractivity (Wildman–Crippen MR) is 122 cm³/mol. The molecule has 1 aliphatic rings. The van der Waals surface area contributed by atoms with E-state index in [1.54, 1.807) is 30.5 Å². The van der Waals surface area contributed by atoms with Gasteiger partial charge in [-0.15, -0.1) is 0 Å². The number of carbonyl (C=O) groups is 1. The zero-order chi connectivity index (χ0) is 22.0. The topological polar surface area (TPSA) is 81.8 Å². The van der Waals surface area contributed by atoms with Gasteiger partial charge in [-0.05, 0) is 62.7 Å². The third-order valence-electron chi connectivity index (χ3n) is 5.32. The lowest BCUT2D eigenvalue weighted by molar-refractivity contribution is 0.0697. The summed E-state index contributed by atoms with van der Waals surface area (Å²) >= 11 is 5.66. The van der Waals surface area contributed by atoms with Crippen molar-refractivity contribution in [3.05, 3.63) is 77.8 Å². The molecule has 0 spiro atoms. The summed E-state index contributed by atoms with van der Waals surface area (Å²) < 4.78 is 6.26. The summed E-state index contributed by atoms with van der Waals surface area (Å²) in [6, 6.07) is 16.1. The highest BCUT2D eigenvalue weighted by atomic mass is 32.1. The van der Waals surface area contributed by atoms with Crippen LogP contribution in [0.3, 0.4) is 0 Å². The molecule has 1 aromatic carbocycles. The van der Waals surface area contributed by atoms with Crippen molar-refractivity contribution in [2.24, 2.45) is 0 Å². The van der Waals surface area contributed by atoms with Gasteiger partial charge in [0.25, 0.3) is 0 Å². The summed E-state index contributed by atoms with van der Waals surface area (Å²) in [6.45, 7) is 1.59. The monoisotopic (exact) mass is 436 g/mol. The minimum Gasteiger partial charge on any atom is -0.478 e. The molecule has 2 N–H and O–H groups in total. The van der Waals surface area contributed by atoms with Gasteiger partial charge in [-0.25, -0.2) is 4.79 Å². The van der Waals surface area contributed by atoms with Crippen LogP contribution < -0.4 is 5.32 Å². The van der Waals surface area contributed by atoms with Gasteiger partial charge >= 0.3 is 5.97 Å². The fourth-order valence-corrected chi connectivity index (χ4v) is 4.04. The molecule has 2 aromatic heterocycles. The van der Waals surface area contributed by atoms with E-state index in [1.165, 1.54) is 0 Å². The Bertz CT molecular complexity index is 1070. The van der Waals surface area contributed by atoms with Crippen molar-refractivity contribution < 1.29 is 14.3 Å². The molecule has 0 unspecified atom stereocenters. The number of aromatic nitrogens is 1. The van der Waals surface area contributed by atoms with Crippen LogP contribution in [0.25, 0.3) is 11.3 Å². The van der Waals surface area contributed by atoms with Crippen molar-refractivity contribution in [1.29, 1.82) is 0 Å². The molecule has 160 valence electrons. The van der Waals surface area contributed by atoms with Crippen molar-refractivity contribution in [1.82, 2.24) is 20.1 Å². The number of furan rings is 1. The van der Waals surface area contributed by atoms with Crippen LogP contribution in [0.5, 0.6) is 0 Å². The van der Waals surface area contributed by atoms with Gasteiger partial charge in [0.05, 0.1) is 17.3 Å². The summed E-state index contributed by atoms with van der Waals surface area (Å²) in [7, 11) is 4.06. The molecule has 0 saturated carbocycles. The predicted octanol–water partition coefficient (Wildman–Crippen LogP) is 3.57. The maximum atomic E-state index is 11.1. The van der Waals surface area contributed by atoms with Crippen LogP contribution in [0, 0.1) is 0 Å². The van der Waals surface area contributed by atoms with Gasteiger partial charge < -0.3 is 24.6 Å². The first-order valence-corrected chi connectivity index (χ1v) is 10.4. The molecular formula is C23H24N4O3S. The summed E-state index contributed by atoms with van der Waals surface area (Å²) in [5.74, 6) is 0.503. The maximum absolute atomic E-state index is 11.1. The summed E-state index contributed by atoms with van der Waals surface area (Å²) in [6.07, 6.45) is 1.77. The number of rotatable bonds is 7. The number of hydrogen-bond donors (Lipinski definition) is 2. The lowest BCUT2D eigenvalue weighted by Gasteiger charge is -2.27. The number of nitrogens with one attached hydrogen (secondary N) is 1. The van der Waals surface area contributed by atoms with Crippen LogP contribution in [0.4, 0.5) is 0 Å². The van der Waals surface area contributed by atoms with Crippen LogP contribution in [0.1, 0.15) is 33.9 Å². The number of aromatic carboxylic acids is 1. The van der Waals surface area contributed by atoms with E-state index < -0.39 is 5.97 Å². The van der Waals surface area contributed by atoms with Crippen LogP contribution in [-0.2, 0) is 0 Å². The zero-order valence-electron chi connectivity index (χ0n) is 17.4. The van der Waals surface area contributed by atoms with E-state index >= 15 is 0 Å². The molecule has 0 aliphatic carbocycles. The van der Waals surface area contributed by atoms with E-state index in [1.807, 2.05) is 44.4 Å². The molecule has 1 aliphatic heterocycles. The van der Waals surface area contributed by atoms with Gasteiger partial charge in [0.15, 0.2) is 5.11 Å². The van der Waals surface area contributed by atoms with E-state index in [-0.39, 0.29) is 17.6 Å². The lowest BCUT2D eigenvalue weighted by atomic mass is 10.0. The van der Waals surface area contributed by atoms with Gasteiger partial charge in [-0.3, -0.25) is 4.98 Å². The molecule has 1 saturated heterocycles. The molecule has 3 heterocycles. The minimum absolute atomic E-state index is 0.135. The normalized spacial score (nSPS) is 18.4. The average Bonchev–Trinajstić information content (AvgIpc) is 3.37. The van der Waals surface area contributed by atoms with Crippen LogP contribution in [-0.4, -0.2) is 58.2 Å². The summed E-state index contributed by atoms with van der Waals surface area (Å²) in [5, 5.41) is 13.2. The Balaban J connectivity index is 1.67. The highest BCUT2D eigenvalue weighted by Gasteiger charge is 2.41. The molecule has 4 rings (SSSR count). The first-order chi connectivity index (χ1) is 14.9. The van der Waals surface area contributed by atoms with Crippen molar-refractivity contribution in [3.8, 4) is 11.3 Å². The van der Waals surface area contributed by atoms with Crippen LogP contribution >= 0.6 is 12.2 Å². The molecule has 31 heavy (non-hydrogen) atoms. The highest BCUT2D eigenvalue weighted by Crippen LogP contribution is 2.40. The number of hydrogen-bond acceptors (Lipinski definition) is 5. The van der Waals surface area contributed by atoms with E-state index in [4.69, 9.17) is 21.7 Å². The van der Waals surface area contributed by atoms with Gasteiger partial charge in [0.1, 0.15) is 17.6 Å². The number of benzene rings is 1. The Morgan fingerprint density at radius 3 is 2.61 bits per heavy atom. The minimum atomic E-state index is -0.952. The smallest absolute Gasteiger partial charge is 0.335 e. The Morgan fingerprint density at radius 1 is 1.19 bits per heavy atom. The third-order valence-corrected chi connectivity index (χ3v) is 5.67. The van der Waals surface area contributed by atoms with Crippen molar-refractivity contribution in [2.75, 3.05) is 27.2 Å². The Morgan fingerprint density at radius 2 is 1.97 bits per heavy atom. The zero-order valence-corrected chi connectivity index (χ0v) is 18.2. The largest absolute Gasteiger partial charge is 0.478 e. The van der Waals surface area contributed by atoms with E-state index in [0.717, 1.165) is 30.1 Å². The summed E-state index contributed by atoms with van der Waals surface area (Å²) in [4.78, 5) is 19.9. The molecular weight excluding hydrogens is 412 g/mol. The van der Waals surface area contributed by atoms with Crippen molar-refractivity contribution >= 4 is 23.3 Å². The Kier molecular flexibility index (Phi) is 6.01. The number of carboxylic acids is 1. The lowest BCUT2D eigenvalue weighted by Crippen LogP contribution is -2.35. The highest BCUT2D eigenvalue weighted by molar-refractivity contribution is 7.80. The molecule has 0 bridgehead atoms. The van der Waals surface area contributed by atoms with Crippen LogP contribution in [0.15, 0.2) is 65.2 Å². The molecule has 0 amide bonds. The Hall–Kier alpha value is -3.23. The van der Waals surface area contributed by atoms with E-state index in [9.17, 15) is 4.79 Å². The van der Waals surface area contributed by atoms with Gasteiger partial charge in [0.2, 0.25) is 0 Å². The Labute approximate surface area is 186 Å². The molecule has 0 radical (unpaired) electrons. The van der Waals surface area contributed by atoms with Crippen molar-refractivity contribution in [3.63, 3.8) is 0 Å². The molecule has 1 fully saturated rings. The van der Waals surface area contributed by atoms with Crippen LogP contribution in [0.2, 0.25) is 0 Å². The molecule has 7 nitrogen and oxygen atoms in total. The van der Waals surface area contributed by atoms with Gasteiger partial charge in [-0.2, -0.15) is 0 Å². The second-order valence-corrected chi connectivity index (χ2v) is 8.09. The van der Waals surface area contributed by atoms with Gasteiger partial charge in [-0.1, -0.05) is 18.2 Å². The molecule has 8 heteroatoms. The number of thiocarbonyl (C=S) groups is 1. The number of likely N-dealkylation sites (N-methyl/N-ethyl adjacent to an activating group) is 1.